The highest BCUT2D eigenvalue weighted by Gasteiger charge is 2.19. The number of rotatable bonds is 5. The predicted octanol–water partition coefficient (Wildman–Crippen LogP) is 4.63. The van der Waals surface area contributed by atoms with E-state index in [4.69, 9.17) is 14.2 Å². The predicted molar refractivity (Wildman–Crippen MR) is 105 cm³/mol. The maximum atomic E-state index is 5.56. The lowest BCUT2D eigenvalue weighted by Crippen LogP contribution is -2.04. The van der Waals surface area contributed by atoms with Gasteiger partial charge in [-0.05, 0) is 52.8 Å². The zero-order valence-corrected chi connectivity index (χ0v) is 16.4. The number of ether oxygens (including phenoxy) is 3. The number of halogens is 1. The summed E-state index contributed by atoms with van der Waals surface area (Å²) >= 11 is 2.31. The molecule has 0 aliphatic heterocycles. The van der Waals surface area contributed by atoms with Crippen molar-refractivity contribution < 1.29 is 14.2 Å². The summed E-state index contributed by atoms with van der Waals surface area (Å²) in [6.45, 7) is 2.88. The van der Waals surface area contributed by atoms with Gasteiger partial charge >= 0.3 is 0 Å². The van der Waals surface area contributed by atoms with Crippen LogP contribution in [0.25, 0.3) is 10.9 Å². The van der Waals surface area contributed by atoms with E-state index in [1.54, 1.807) is 21.3 Å². The molecule has 0 aliphatic carbocycles. The summed E-state index contributed by atoms with van der Waals surface area (Å²) in [7, 11) is 4.92. The normalized spacial score (nSPS) is 10.9. The topological polar surface area (TPSA) is 32.6 Å². The Kier molecular flexibility index (Phi) is 4.89. The van der Waals surface area contributed by atoms with Crippen molar-refractivity contribution in [1.29, 1.82) is 0 Å². The number of nitrogens with zero attached hydrogens (tertiary/aromatic N) is 1. The Morgan fingerprint density at radius 3 is 2.38 bits per heavy atom. The third-order valence-corrected chi connectivity index (χ3v) is 5.36. The Balaban J connectivity index is 2.12. The van der Waals surface area contributed by atoms with Crippen LogP contribution in [0.1, 0.15) is 11.1 Å². The quantitative estimate of drug-likeness (QED) is 0.546. The van der Waals surface area contributed by atoms with Gasteiger partial charge in [0.15, 0.2) is 11.5 Å². The molecule has 24 heavy (non-hydrogen) atoms. The van der Waals surface area contributed by atoms with Crippen molar-refractivity contribution in [1.82, 2.24) is 4.57 Å². The maximum absolute atomic E-state index is 5.56. The number of hydrogen-bond acceptors (Lipinski definition) is 3. The molecule has 0 unspecified atom stereocenters. The van der Waals surface area contributed by atoms with Gasteiger partial charge in [0, 0.05) is 23.6 Å². The first-order chi connectivity index (χ1) is 11.6. The molecule has 0 fully saturated rings. The fourth-order valence-electron chi connectivity index (χ4n) is 3.03. The van der Waals surface area contributed by atoms with E-state index in [0.717, 1.165) is 15.7 Å². The standard InChI is InChI=1S/C19H20INO3/c1-12-10-21(15-8-6-5-7-14(12)15)11-13-9-16(22-2)18(23-3)19(24-4)17(13)20/h5-10H,11H2,1-4H3. The average molecular weight is 437 g/mol. The van der Waals surface area contributed by atoms with Crippen molar-refractivity contribution >= 4 is 33.5 Å². The van der Waals surface area contributed by atoms with Crippen LogP contribution in [0.5, 0.6) is 17.2 Å². The van der Waals surface area contributed by atoms with Gasteiger partial charge in [-0.25, -0.2) is 0 Å². The number of aryl methyl sites for hydroxylation is 1. The van der Waals surface area contributed by atoms with Crippen LogP contribution >= 0.6 is 22.6 Å². The van der Waals surface area contributed by atoms with E-state index in [1.165, 1.54) is 16.5 Å². The molecule has 3 aromatic rings. The minimum Gasteiger partial charge on any atom is -0.493 e. The fraction of sp³-hybridized carbons (Fsp3) is 0.263. The second-order valence-corrected chi connectivity index (χ2v) is 6.65. The molecule has 126 valence electrons. The van der Waals surface area contributed by atoms with Gasteiger partial charge in [0.25, 0.3) is 0 Å². The third-order valence-electron chi connectivity index (χ3n) is 4.17. The van der Waals surface area contributed by atoms with Crippen LogP contribution in [0.15, 0.2) is 36.5 Å². The van der Waals surface area contributed by atoms with Crippen LogP contribution in [0.2, 0.25) is 0 Å². The van der Waals surface area contributed by atoms with E-state index in [0.29, 0.717) is 17.2 Å². The molecule has 3 rings (SSSR count). The molecule has 5 heteroatoms. The summed E-state index contributed by atoms with van der Waals surface area (Å²) < 4.78 is 19.8. The van der Waals surface area contributed by atoms with Gasteiger partial charge in [-0.2, -0.15) is 0 Å². The molecule has 0 saturated carbocycles. The van der Waals surface area contributed by atoms with E-state index in [9.17, 15) is 0 Å². The highest BCUT2D eigenvalue weighted by Crippen LogP contribution is 2.43. The van der Waals surface area contributed by atoms with Gasteiger partial charge in [-0.3, -0.25) is 0 Å². The first-order valence-corrected chi connectivity index (χ1v) is 8.70. The Hall–Kier alpha value is -1.89. The van der Waals surface area contributed by atoms with Gasteiger partial charge in [0.1, 0.15) is 0 Å². The number of para-hydroxylation sites is 1. The highest BCUT2D eigenvalue weighted by atomic mass is 127. The lowest BCUT2D eigenvalue weighted by molar-refractivity contribution is 0.322. The first kappa shape index (κ1) is 17.0. The van der Waals surface area contributed by atoms with E-state index in [2.05, 4.69) is 64.5 Å². The van der Waals surface area contributed by atoms with Gasteiger partial charge in [0.2, 0.25) is 5.75 Å². The summed E-state index contributed by atoms with van der Waals surface area (Å²) in [5.74, 6) is 2.01. The molecular formula is C19H20INO3. The zero-order valence-electron chi connectivity index (χ0n) is 14.2. The van der Waals surface area contributed by atoms with Crippen molar-refractivity contribution in [3.8, 4) is 17.2 Å². The Morgan fingerprint density at radius 2 is 1.71 bits per heavy atom. The van der Waals surface area contributed by atoms with Crippen molar-refractivity contribution in [3.63, 3.8) is 0 Å². The molecule has 0 N–H and O–H groups in total. The molecule has 0 atom stereocenters. The lowest BCUT2D eigenvalue weighted by Gasteiger charge is -2.17. The molecular weight excluding hydrogens is 417 g/mol. The van der Waals surface area contributed by atoms with E-state index in [-0.39, 0.29) is 0 Å². The van der Waals surface area contributed by atoms with E-state index in [1.807, 2.05) is 6.07 Å². The van der Waals surface area contributed by atoms with Gasteiger partial charge in [0.05, 0.1) is 24.9 Å². The van der Waals surface area contributed by atoms with Crippen LogP contribution < -0.4 is 14.2 Å². The van der Waals surface area contributed by atoms with Crippen LogP contribution in [0.4, 0.5) is 0 Å². The molecule has 2 aromatic carbocycles. The van der Waals surface area contributed by atoms with Crippen molar-refractivity contribution in [2.75, 3.05) is 21.3 Å². The smallest absolute Gasteiger partial charge is 0.204 e. The number of hydrogen-bond donors (Lipinski definition) is 0. The molecule has 0 amide bonds. The van der Waals surface area contributed by atoms with Crippen LogP contribution in [-0.4, -0.2) is 25.9 Å². The summed E-state index contributed by atoms with van der Waals surface area (Å²) in [4.78, 5) is 0. The minimum atomic E-state index is 0.627. The summed E-state index contributed by atoms with van der Waals surface area (Å²) in [6.07, 6.45) is 2.18. The molecule has 1 heterocycles. The molecule has 0 aliphatic rings. The van der Waals surface area contributed by atoms with Crippen molar-refractivity contribution in [2.24, 2.45) is 0 Å². The second kappa shape index (κ2) is 6.93. The molecule has 4 nitrogen and oxygen atoms in total. The van der Waals surface area contributed by atoms with Crippen LogP contribution in [-0.2, 0) is 6.54 Å². The monoisotopic (exact) mass is 437 g/mol. The molecule has 1 aromatic heterocycles. The minimum absolute atomic E-state index is 0.627. The Labute approximate surface area is 155 Å². The number of fused-ring (bicyclic) bond motifs is 1. The Bertz CT molecular complexity index is 886. The Morgan fingerprint density at radius 1 is 1.00 bits per heavy atom. The fourth-order valence-corrected chi connectivity index (χ4v) is 3.82. The lowest BCUT2D eigenvalue weighted by atomic mass is 10.1. The van der Waals surface area contributed by atoms with Crippen LogP contribution in [0.3, 0.4) is 0 Å². The number of aromatic nitrogens is 1. The van der Waals surface area contributed by atoms with E-state index < -0.39 is 0 Å². The molecule has 0 bridgehead atoms. The summed E-state index contributed by atoms with van der Waals surface area (Å²) in [5, 5.41) is 1.28. The number of benzene rings is 2. The zero-order chi connectivity index (χ0) is 17.3. The second-order valence-electron chi connectivity index (χ2n) is 5.58. The maximum Gasteiger partial charge on any atom is 0.204 e. The third kappa shape index (κ3) is 2.81. The number of methoxy groups -OCH3 is 3. The first-order valence-electron chi connectivity index (χ1n) is 7.62. The summed E-state index contributed by atoms with van der Waals surface area (Å²) in [5.41, 5.74) is 3.62. The summed E-state index contributed by atoms with van der Waals surface area (Å²) in [6, 6.07) is 10.5. The van der Waals surface area contributed by atoms with Gasteiger partial charge in [-0.1, -0.05) is 18.2 Å². The van der Waals surface area contributed by atoms with Gasteiger partial charge in [-0.15, -0.1) is 0 Å². The van der Waals surface area contributed by atoms with Crippen LogP contribution in [0, 0.1) is 10.5 Å². The average Bonchev–Trinajstić information content (AvgIpc) is 2.92. The molecule has 0 saturated heterocycles. The highest BCUT2D eigenvalue weighted by molar-refractivity contribution is 14.1. The molecule has 0 spiro atoms. The SMILES string of the molecule is COc1cc(Cn2cc(C)c3ccccc32)c(I)c(OC)c1OC. The van der Waals surface area contributed by atoms with Gasteiger partial charge < -0.3 is 18.8 Å². The van der Waals surface area contributed by atoms with Crippen molar-refractivity contribution in [3.05, 3.63) is 51.2 Å². The molecule has 0 radical (unpaired) electrons. The van der Waals surface area contributed by atoms with Crippen molar-refractivity contribution in [2.45, 2.75) is 13.5 Å². The largest absolute Gasteiger partial charge is 0.493 e. The van der Waals surface area contributed by atoms with E-state index >= 15 is 0 Å².